The van der Waals surface area contributed by atoms with Gasteiger partial charge < -0.3 is 10.1 Å². The average Bonchev–Trinajstić information content (AvgIpc) is 3.07. The molecule has 0 radical (unpaired) electrons. The zero-order chi connectivity index (χ0) is 14.9. The van der Waals surface area contributed by atoms with Gasteiger partial charge in [-0.15, -0.1) is 0 Å². The predicted molar refractivity (Wildman–Crippen MR) is 87.7 cm³/mol. The Bertz CT molecular complexity index is 482. The maximum Gasteiger partial charge on any atom is 0.0783 e. The zero-order valence-corrected chi connectivity index (χ0v) is 14.2. The number of nitrogens with zero attached hydrogens (tertiary/aromatic N) is 2. The Balaban J connectivity index is 1.82. The summed E-state index contributed by atoms with van der Waals surface area (Å²) >= 11 is 2.05. The molecule has 5 heteroatoms. The van der Waals surface area contributed by atoms with Crippen LogP contribution in [-0.2, 0) is 18.2 Å². The lowest BCUT2D eigenvalue weighted by atomic mass is 9.79. The summed E-state index contributed by atoms with van der Waals surface area (Å²) in [6.07, 6.45) is 6.75. The summed E-state index contributed by atoms with van der Waals surface area (Å²) in [6.45, 7) is 3.10. The highest BCUT2D eigenvalue weighted by atomic mass is 32.2. The van der Waals surface area contributed by atoms with E-state index in [1.807, 2.05) is 23.5 Å². The van der Waals surface area contributed by atoms with E-state index in [9.17, 15) is 0 Å². The van der Waals surface area contributed by atoms with E-state index in [-0.39, 0.29) is 5.60 Å². The molecule has 1 aromatic rings. The first-order valence-electron chi connectivity index (χ1n) is 8.09. The normalized spacial score (nSPS) is 30.9. The largest absolute Gasteiger partial charge is 0.374 e. The molecular formula is C16H27N3OS. The second-order valence-electron chi connectivity index (χ2n) is 6.41. The van der Waals surface area contributed by atoms with E-state index in [0.29, 0.717) is 12.0 Å². The molecule has 1 N–H and O–H groups in total. The fraction of sp³-hybridized carbons (Fsp3) is 0.812. The molecule has 0 aliphatic carbocycles. The highest BCUT2D eigenvalue weighted by molar-refractivity contribution is 7.99. The second-order valence-corrected chi connectivity index (χ2v) is 7.52. The first kappa shape index (κ1) is 15.4. The summed E-state index contributed by atoms with van der Waals surface area (Å²) in [4.78, 5) is 0. The SMILES string of the molecule is CCc1nn(C)cc1C(NC)C1CCOC2(CCSC2)C1. The van der Waals surface area contributed by atoms with Gasteiger partial charge in [0.1, 0.15) is 0 Å². The quantitative estimate of drug-likeness (QED) is 0.928. The fourth-order valence-corrected chi connectivity index (χ4v) is 5.32. The first-order chi connectivity index (χ1) is 10.2. The van der Waals surface area contributed by atoms with Crippen molar-refractivity contribution in [2.24, 2.45) is 13.0 Å². The number of nitrogens with one attached hydrogen (secondary N) is 1. The van der Waals surface area contributed by atoms with Gasteiger partial charge in [-0.3, -0.25) is 4.68 Å². The molecule has 0 bridgehead atoms. The molecular weight excluding hydrogens is 282 g/mol. The van der Waals surface area contributed by atoms with Crippen molar-refractivity contribution in [1.29, 1.82) is 0 Å². The molecule has 0 aromatic carbocycles. The molecule has 3 unspecified atom stereocenters. The molecule has 0 amide bonds. The van der Waals surface area contributed by atoms with Crippen molar-refractivity contribution in [3.63, 3.8) is 0 Å². The highest BCUT2D eigenvalue weighted by Gasteiger charge is 2.43. The van der Waals surface area contributed by atoms with E-state index in [0.717, 1.165) is 19.4 Å². The van der Waals surface area contributed by atoms with Crippen LogP contribution < -0.4 is 5.32 Å². The van der Waals surface area contributed by atoms with Crippen molar-refractivity contribution in [3.8, 4) is 0 Å². The smallest absolute Gasteiger partial charge is 0.0783 e. The van der Waals surface area contributed by atoms with Gasteiger partial charge in [-0.2, -0.15) is 16.9 Å². The topological polar surface area (TPSA) is 39.1 Å². The van der Waals surface area contributed by atoms with Gasteiger partial charge in [-0.05, 0) is 44.4 Å². The van der Waals surface area contributed by atoms with E-state index in [4.69, 9.17) is 4.74 Å². The molecule has 2 aliphatic rings. The predicted octanol–water partition coefficient (Wildman–Crippen LogP) is 2.55. The Morgan fingerprint density at radius 1 is 1.62 bits per heavy atom. The molecule has 2 aliphatic heterocycles. The molecule has 21 heavy (non-hydrogen) atoms. The van der Waals surface area contributed by atoms with Gasteiger partial charge in [-0.1, -0.05) is 6.92 Å². The third-order valence-electron chi connectivity index (χ3n) is 4.99. The van der Waals surface area contributed by atoms with Crippen LogP contribution in [-0.4, -0.2) is 40.5 Å². The maximum atomic E-state index is 6.18. The third-order valence-corrected chi connectivity index (χ3v) is 6.21. The van der Waals surface area contributed by atoms with E-state index < -0.39 is 0 Å². The molecule has 2 fully saturated rings. The molecule has 3 atom stereocenters. The van der Waals surface area contributed by atoms with Gasteiger partial charge in [0.05, 0.1) is 11.3 Å². The number of aryl methyl sites for hydroxylation is 2. The molecule has 0 saturated carbocycles. The summed E-state index contributed by atoms with van der Waals surface area (Å²) in [7, 11) is 4.11. The standard InChI is InChI=1S/C16H27N3OS/c1-4-14-13(10-19(3)18-14)15(17-2)12-5-7-20-16(9-12)6-8-21-11-16/h10,12,15,17H,4-9,11H2,1-3H3. The van der Waals surface area contributed by atoms with E-state index in [1.54, 1.807) is 0 Å². The van der Waals surface area contributed by atoms with Crippen LogP contribution in [0, 0.1) is 5.92 Å². The van der Waals surface area contributed by atoms with Crippen LogP contribution in [0.4, 0.5) is 0 Å². The number of aromatic nitrogens is 2. The molecule has 118 valence electrons. The molecule has 3 heterocycles. The van der Waals surface area contributed by atoms with Gasteiger partial charge in [0, 0.05) is 37.2 Å². The third kappa shape index (κ3) is 3.01. The van der Waals surface area contributed by atoms with Crippen LogP contribution in [0.1, 0.15) is 43.5 Å². The lowest BCUT2D eigenvalue weighted by Crippen LogP contribution is -2.43. The minimum atomic E-state index is 0.150. The highest BCUT2D eigenvalue weighted by Crippen LogP contribution is 2.44. The van der Waals surface area contributed by atoms with Gasteiger partial charge in [0.25, 0.3) is 0 Å². The number of ether oxygens (including phenoxy) is 1. The first-order valence-corrected chi connectivity index (χ1v) is 9.24. The number of rotatable bonds is 4. The van der Waals surface area contributed by atoms with E-state index in [1.165, 1.54) is 35.6 Å². The van der Waals surface area contributed by atoms with Crippen LogP contribution in [0.5, 0.6) is 0 Å². The minimum absolute atomic E-state index is 0.150. The van der Waals surface area contributed by atoms with Crippen LogP contribution >= 0.6 is 11.8 Å². The maximum absolute atomic E-state index is 6.18. The Morgan fingerprint density at radius 2 is 2.48 bits per heavy atom. The lowest BCUT2D eigenvalue weighted by Gasteiger charge is -2.41. The van der Waals surface area contributed by atoms with Crippen molar-refractivity contribution < 1.29 is 4.74 Å². The van der Waals surface area contributed by atoms with Gasteiger partial charge in [0.2, 0.25) is 0 Å². The van der Waals surface area contributed by atoms with E-state index >= 15 is 0 Å². The Hall–Kier alpha value is -0.520. The van der Waals surface area contributed by atoms with Crippen LogP contribution in [0.2, 0.25) is 0 Å². The molecule has 2 saturated heterocycles. The summed E-state index contributed by atoms with van der Waals surface area (Å²) < 4.78 is 8.14. The Labute approximate surface area is 132 Å². The zero-order valence-electron chi connectivity index (χ0n) is 13.4. The van der Waals surface area contributed by atoms with Crippen molar-refractivity contribution in [2.45, 2.75) is 44.2 Å². The minimum Gasteiger partial charge on any atom is -0.374 e. The average molecular weight is 309 g/mol. The fourth-order valence-electron chi connectivity index (χ4n) is 3.95. The van der Waals surface area contributed by atoms with E-state index in [2.05, 4.69) is 30.6 Å². The second kappa shape index (κ2) is 6.31. The van der Waals surface area contributed by atoms with Gasteiger partial charge in [-0.25, -0.2) is 0 Å². The summed E-state index contributed by atoms with van der Waals surface area (Å²) in [5, 5.41) is 8.19. The van der Waals surface area contributed by atoms with Gasteiger partial charge >= 0.3 is 0 Å². The van der Waals surface area contributed by atoms with Crippen LogP contribution in [0.25, 0.3) is 0 Å². The summed E-state index contributed by atoms with van der Waals surface area (Å²) in [5.41, 5.74) is 2.77. The monoisotopic (exact) mass is 309 g/mol. The Kier molecular flexibility index (Phi) is 4.62. The van der Waals surface area contributed by atoms with Crippen LogP contribution in [0.15, 0.2) is 6.20 Å². The molecule has 4 nitrogen and oxygen atoms in total. The van der Waals surface area contributed by atoms with Crippen molar-refractivity contribution in [3.05, 3.63) is 17.5 Å². The van der Waals surface area contributed by atoms with Crippen molar-refractivity contribution in [2.75, 3.05) is 25.2 Å². The van der Waals surface area contributed by atoms with Crippen molar-refractivity contribution >= 4 is 11.8 Å². The summed E-state index contributed by atoms with van der Waals surface area (Å²) in [6, 6.07) is 0.403. The molecule has 1 aromatic heterocycles. The number of thioether (sulfide) groups is 1. The number of hydrogen-bond donors (Lipinski definition) is 1. The lowest BCUT2D eigenvalue weighted by molar-refractivity contribution is -0.0851. The summed E-state index contributed by atoms with van der Waals surface area (Å²) in [5.74, 6) is 3.08. The molecule has 1 spiro atoms. The van der Waals surface area contributed by atoms with Crippen LogP contribution in [0.3, 0.4) is 0 Å². The Morgan fingerprint density at radius 3 is 3.14 bits per heavy atom. The van der Waals surface area contributed by atoms with Crippen molar-refractivity contribution in [1.82, 2.24) is 15.1 Å². The van der Waals surface area contributed by atoms with Gasteiger partial charge in [0.15, 0.2) is 0 Å². The molecule has 3 rings (SSSR count). The number of hydrogen-bond acceptors (Lipinski definition) is 4.